The Kier molecular flexibility index (Phi) is 10.2. The molecule has 1 aromatic heterocycles. The third kappa shape index (κ3) is 8.96. The van der Waals surface area contributed by atoms with Crippen molar-refractivity contribution in [3.63, 3.8) is 0 Å². The molecule has 6 N–H and O–H groups in total. The number of nitrogens with zero attached hydrogens (tertiary/aromatic N) is 3. The topological polar surface area (TPSA) is 139 Å². The number of anilines is 3. The quantitative estimate of drug-likeness (QED) is 0.304. The summed E-state index contributed by atoms with van der Waals surface area (Å²) in [5.74, 6) is 1.57. The highest BCUT2D eigenvalue weighted by molar-refractivity contribution is 5.43. The molecule has 28 heavy (non-hydrogen) atoms. The highest BCUT2D eigenvalue weighted by Gasteiger charge is 2.20. The van der Waals surface area contributed by atoms with Gasteiger partial charge in [-0.05, 0) is 39.5 Å². The lowest BCUT2D eigenvalue weighted by atomic mass is 9.93. The lowest BCUT2D eigenvalue weighted by Gasteiger charge is -2.26. The van der Waals surface area contributed by atoms with Gasteiger partial charge in [0.1, 0.15) is 0 Å². The summed E-state index contributed by atoms with van der Waals surface area (Å²) in [7, 11) is 0. The maximum atomic E-state index is 9.67. The molecule has 10 heteroatoms. The van der Waals surface area contributed by atoms with Crippen LogP contribution in [0.2, 0.25) is 0 Å². The molecule has 1 aliphatic rings. The van der Waals surface area contributed by atoms with Crippen molar-refractivity contribution in [2.45, 2.75) is 57.7 Å². The molecule has 1 fully saturated rings. The summed E-state index contributed by atoms with van der Waals surface area (Å²) < 4.78 is 10.8. The molecule has 0 spiro atoms. The van der Waals surface area contributed by atoms with Gasteiger partial charge in [0.2, 0.25) is 17.8 Å². The van der Waals surface area contributed by atoms with Crippen LogP contribution < -0.4 is 21.7 Å². The zero-order valence-corrected chi connectivity index (χ0v) is 17.0. The number of aromatic nitrogens is 3. The maximum absolute atomic E-state index is 9.67. The molecule has 0 amide bonds. The van der Waals surface area contributed by atoms with Crippen molar-refractivity contribution in [2.75, 3.05) is 55.5 Å². The van der Waals surface area contributed by atoms with Gasteiger partial charge in [-0.3, -0.25) is 0 Å². The predicted molar refractivity (Wildman–Crippen MR) is 110 cm³/mol. The number of nitrogens with one attached hydrogen (secondary N) is 3. The van der Waals surface area contributed by atoms with E-state index in [-0.39, 0.29) is 18.2 Å². The minimum absolute atomic E-state index is 0.187. The molecule has 2 rings (SSSR count). The molecule has 0 atom stereocenters. The van der Waals surface area contributed by atoms with Crippen molar-refractivity contribution < 1.29 is 14.6 Å². The lowest BCUT2D eigenvalue weighted by molar-refractivity contribution is 0.0547. The summed E-state index contributed by atoms with van der Waals surface area (Å²) in [6, 6.07) is 0.479. The van der Waals surface area contributed by atoms with Gasteiger partial charge in [0, 0.05) is 25.2 Å². The van der Waals surface area contributed by atoms with E-state index in [9.17, 15) is 5.11 Å². The molecule has 1 heterocycles. The zero-order valence-electron chi connectivity index (χ0n) is 17.0. The number of aliphatic hydroxyl groups excluding tert-OH is 1. The number of rotatable bonds is 13. The molecule has 0 aliphatic heterocycles. The van der Waals surface area contributed by atoms with Crippen molar-refractivity contribution in [2.24, 2.45) is 5.73 Å². The van der Waals surface area contributed by atoms with Gasteiger partial charge in [-0.2, -0.15) is 15.0 Å². The predicted octanol–water partition coefficient (Wildman–Crippen LogP) is 0.811. The monoisotopic (exact) mass is 397 g/mol. The number of hydrogen-bond donors (Lipinski definition) is 5. The van der Waals surface area contributed by atoms with E-state index in [2.05, 4.69) is 30.9 Å². The summed E-state index contributed by atoms with van der Waals surface area (Å²) in [5.41, 5.74) is 5.36. The van der Waals surface area contributed by atoms with Crippen LogP contribution in [0.1, 0.15) is 39.5 Å². The van der Waals surface area contributed by atoms with Crippen LogP contribution in [0.4, 0.5) is 17.8 Å². The van der Waals surface area contributed by atoms with E-state index in [0.29, 0.717) is 57.4 Å². The molecule has 1 aliphatic carbocycles. The molecule has 0 aromatic carbocycles. The van der Waals surface area contributed by atoms with Gasteiger partial charge in [-0.15, -0.1) is 0 Å². The minimum Gasteiger partial charge on any atom is -0.393 e. The van der Waals surface area contributed by atoms with Gasteiger partial charge in [-0.25, -0.2) is 0 Å². The Labute approximate surface area is 167 Å². The van der Waals surface area contributed by atoms with Crippen molar-refractivity contribution >= 4 is 17.8 Å². The first-order chi connectivity index (χ1) is 13.6. The number of aliphatic hydroxyl groups is 1. The number of ether oxygens (including phenoxy) is 2. The maximum Gasteiger partial charge on any atom is 0.229 e. The molecular weight excluding hydrogens is 362 g/mol. The van der Waals surface area contributed by atoms with E-state index >= 15 is 0 Å². The average Bonchev–Trinajstić information content (AvgIpc) is 2.65. The first-order valence-corrected chi connectivity index (χ1v) is 10.1. The summed E-state index contributed by atoms with van der Waals surface area (Å²) >= 11 is 0. The molecule has 160 valence electrons. The van der Waals surface area contributed by atoms with Crippen molar-refractivity contribution in [1.29, 1.82) is 0 Å². The van der Waals surface area contributed by atoms with E-state index in [0.717, 1.165) is 25.7 Å². The lowest BCUT2D eigenvalue weighted by Crippen LogP contribution is -2.29. The Morgan fingerprint density at radius 3 is 2.29 bits per heavy atom. The second-order valence-electron chi connectivity index (χ2n) is 7.20. The molecular formula is C18H35N7O3. The van der Waals surface area contributed by atoms with E-state index in [1.54, 1.807) is 0 Å². The van der Waals surface area contributed by atoms with E-state index in [1.165, 1.54) is 0 Å². The first kappa shape index (κ1) is 22.5. The zero-order chi connectivity index (χ0) is 20.2. The largest absolute Gasteiger partial charge is 0.393 e. The van der Waals surface area contributed by atoms with Gasteiger partial charge in [0.25, 0.3) is 0 Å². The third-order valence-electron chi connectivity index (χ3n) is 4.25. The summed E-state index contributed by atoms with van der Waals surface area (Å²) in [6.45, 7) is 7.30. The first-order valence-electron chi connectivity index (χ1n) is 10.1. The van der Waals surface area contributed by atoms with E-state index in [4.69, 9.17) is 15.2 Å². The van der Waals surface area contributed by atoms with Crippen molar-refractivity contribution in [3.8, 4) is 0 Å². The van der Waals surface area contributed by atoms with Gasteiger partial charge in [0.05, 0.1) is 32.5 Å². The van der Waals surface area contributed by atoms with Crippen molar-refractivity contribution in [1.82, 2.24) is 15.0 Å². The van der Waals surface area contributed by atoms with Gasteiger partial charge in [0.15, 0.2) is 0 Å². The van der Waals surface area contributed by atoms with Crippen LogP contribution in [0.5, 0.6) is 0 Å². The Morgan fingerprint density at radius 2 is 1.61 bits per heavy atom. The van der Waals surface area contributed by atoms with Crippen LogP contribution in [0.15, 0.2) is 0 Å². The Morgan fingerprint density at radius 1 is 0.964 bits per heavy atom. The fraction of sp³-hybridized carbons (Fsp3) is 0.833. The summed E-state index contributed by atoms with van der Waals surface area (Å²) in [5, 5.41) is 19.4. The fourth-order valence-corrected chi connectivity index (χ4v) is 2.89. The second-order valence-corrected chi connectivity index (χ2v) is 7.20. The van der Waals surface area contributed by atoms with Gasteiger partial charge < -0.3 is 36.3 Å². The normalized spacial score (nSPS) is 19.6. The molecule has 0 saturated heterocycles. The van der Waals surface area contributed by atoms with Gasteiger partial charge in [-0.1, -0.05) is 0 Å². The van der Waals surface area contributed by atoms with Crippen LogP contribution in [-0.2, 0) is 9.47 Å². The fourth-order valence-electron chi connectivity index (χ4n) is 2.89. The van der Waals surface area contributed by atoms with Crippen LogP contribution >= 0.6 is 0 Å². The van der Waals surface area contributed by atoms with Crippen molar-refractivity contribution in [3.05, 3.63) is 0 Å². The van der Waals surface area contributed by atoms with Gasteiger partial charge >= 0.3 is 0 Å². The number of hydrogen-bond acceptors (Lipinski definition) is 10. The molecule has 1 saturated carbocycles. The highest BCUT2D eigenvalue weighted by atomic mass is 16.5. The number of nitrogens with two attached hydrogens (primary N) is 1. The van der Waals surface area contributed by atoms with Crippen LogP contribution in [0.25, 0.3) is 0 Å². The molecule has 0 unspecified atom stereocenters. The van der Waals surface area contributed by atoms with Crippen LogP contribution in [0.3, 0.4) is 0 Å². The average molecular weight is 398 g/mol. The second kappa shape index (κ2) is 12.7. The molecule has 0 radical (unpaired) electrons. The highest BCUT2D eigenvalue weighted by Crippen LogP contribution is 2.21. The Hall–Kier alpha value is -1.75. The summed E-state index contributed by atoms with van der Waals surface area (Å²) in [4.78, 5) is 13.4. The molecule has 10 nitrogen and oxygen atoms in total. The minimum atomic E-state index is -0.187. The van der Waals surface area contributed by atoms with E-state index < -0.39 is 0 Å². The third-order valence-corrected chi connectivity index (χ3v) is 4.25. The summed E-state index contributed by atoms with van der Waals surface area (Å²) in [6.07, 6.45) is 3.23. The Balaban J connectivity index is 1.83. The molecule has 0 bridgehead atoms. The van der Waals surface area contributed by atoms with E-state index in [1.807, 2.05) is 13.8 Å². The smallest absolute Gasteiger partial charge is 0.229 e. The SMILES string of the molecule is CC(C)Nc1nc(NCCOCCOCCN)nc(NC2CCC(O)CC2)n1. The molecule has 1 aromatic rings. The Bertz CT molecular complexity index is 554. The van der Waals surface area contributed by atoms with Crippen LogP contribution in [0, 0.1) is 0 Å². The van der Waals surface area contributed by atoms with Crippen LogP contribution in [-0.4, -0.2) is 77.8 Å². The standard InChI is InChI=1S/C18H35N7O3/c1-13(2)21-17-23-16(20-8-10-28-12-11-27-9-7-19)24-18(25-17)22-14-3-5-15(26)6-4-14/h13-15,26H,3-12,19H2,1-2H3,(H3,20,21,22,23,24,25).